The van der Waals surface area contributed by atoms with Gasteiger partial charge < -0.3 is 5.32 Å². The molecule has 1 aliphatic rings. The lowest BCUT2D eigenvalue weighted by Crippen LogP contribution is -2.25. The third-order valence-electron chi connectivity index (χ3n) is 3.96. The van der Waals surface area contributed by atoms with E-state index in [9.17, 15) is 4.79 Å². The number of hydrogen-bond donors (Lipinski definition) is 1. The van der Waals surface area contributed by atoms with Gasteiger partial charge in [-0.2, -0.15) is 0 Å². The molecule has 0 heterocycles. The summed E-state index contributed by atoms with van der Waals surface area (Å²) in [6.45, 7) is 6.14. The number of nitrogens with one attached hydrogen (secondary N) is 1. The average molecular weight is 291 g/mol. The van der Waals surface area contributed by atoms with Crippen LogP contribution in [-0.2, 0) is 4.79 Å². The zero-order chi connectivity index (χ0) is 14.5. The van der Waals surface area contributed by atoms with Crippen molar-refractivity contribution in [1.29, 1.82) is 0 Å². The fraction of sp³-hybridized carbons (Fsp3) is 0.588. The number of anilines is 1. The summed E-state index contributed by atoms with van der Waals surface area (Å²) in [4.78, 5) is 12.3. The molecule has 1 atom stereocenters. The molecule has 0 saturated heterocycles. The Morgan fingerprint density at radius 2 is 1.95 bits per heavy atom. The van der Waals surface area contributed by atoms with Crippen molar-refractivity contribution in [2.75, 3.05) is 5.32 Å². The van der Waals surface area contributed by atoms with Crippen molar-refractivity contribution in [3.8, 4) is 0 Å². The molecular weight excluding hydrogens is 266 g/mol. The van der Waals surface area contributed by atoms with Crippen LogP contribution < -0.4 is 5.32 Å². The number of hydrogen-bond acceptors (Lipinski definition) is 2. The highest BCUT2D eigenvalue weighted by Gasteiger charge is 2.21. The van der Waals surface area contributed by atoms with Crippen LogP contribution in [0.5, 0.6) is 0 Å². The first-order chi connectivity index (χ1) is 9.56. The molecule has 20 heavy (non-hydrogen) atoms. The largest absolute Gasteiger partial charge is 0.325 e. The number of thioether (sulfide) groups is 1. The van der Waals surface area contributed by atoms with Crippen LogP contribution in [0.25, 0.3) is 0 Å². The Kier molecular flexibility index (Phi) is 5.53. The van der Waals surface area contributed by atoms with E-state index in [1.807, 2.05) is 37.7 Å². The molecule has 2 nitrogen and oxygen atoms in total. The minimum atomic E-state index is 0.0267. The Hall–Kier alpha value is -0.960. The molecule has 1 saturated carbocycles. The highest BCUT2D eigenvalue weighted by Crippen LogP contribution is 2.31. The molecule has 0 bridgehead atoms. The molecule has 0 spiro atoms. The van der Waals surface area contributed by atoms with Gasteiger partial charge in [-0.1, -0.05) is 37.0 Å². The maximum absolute atomic E-state index is 12.3. The van der Waals surface area contributed by atoms with Crippen LogP contribution in [0, 0.1) is 13.8 Å². The van der Waals surface area contributed by atoms with Crippen LogP contribution in [0.2, 0.25) is 0 Å². The maximum Gasteiger partial charge on any atom is 0.237 e. The van der Waals surface area contributed by atoms with Gasteiger partial charge in [-0.25, -0.2) is 0 Å². The monoisotopic (exact) mass is 291 g/mol. The molecule has 1 aliphatic carbocycles. The SMILES string of the molecule is Cc1ccc(NC(=O)C(C)SC2CCCCC2)c(C)c1. The molecule has 1 fully saturated rings. The summed E-state index contributed by atoms with van der Waals surface area (Å²) in [5.41, 5.74) is 3.30. The second-order valence-corrected chi connectivity index (χ2v) is 7.49. The van der Waals surface area contributed by atoms with Crippen molar-refractivity contribution in [2.24, 2.45) is 0 Å². The van der Waals surface area contributed by atoms with E-state index in [0.29, 0.717) is 5.25 Å². The van der Waals surface area contributed by atoms with E-state index in [4.69, 9.17) is 0 Å². The molecule has 0 aromatic heterocycles. The van der Waals surface area contributed by atoms with Crippen LogP contribution in [0.1, 0.15) is 50.2 Å². The fourth-order valence-corrected chi connectivity index (χ4v) is 4.11. The van der Waals surface area contributed by atoms with E-state index in [0.717, 1.165) is 11.3 Å². The summed E-state index contributed by atoms with van der Waals surface area (Å²) in [6.07, 6.45) is 6.55. The van der Waals surface area contributed by atoms with E-state index in [2.05, 4.69) is 18.3 Å². The van der Waals surface area contributed by atoms with Gasteiger partial charge in [-0.3, -0.25) is 4.79 Å². The maximum atomic E-state index is 12.3. The zero-order valence-electron chi connectivity index (χ0n) is 12.7. The van der Waals surface area contributed by atoms with Gasteiger partial charge in [0.25, 0.3) is 0 Å². The third-order valence-corrected chi connectivity index (χ3v) is 5.44. The lowest BCUT2D eigenvalue weighted by atomic mass is 10.0. The number of carbonyl (C=O) groups is 1. The molecule has 0 radical (unpaired) electrons. The molecule has 3 heteroatoms. The van der Waals surface area contributed by atoms with E-state index < -0.39 is 0 Å². The Balaban J connectivity index is 1.89. The van der Waals surface area contributed by atoms with Gasteiger partial charge in [0.2, 0.25) is 5.91 Å². The predicted octanol–water partition coefficient (Wildman–Crippen LogP) is 4.70. The summed E-state index contributed by atoms with van der Waals surface area (Å²) in [5.74, 6) is 0.132. The molecule has 1 unspecified atom stereocenters. The summed E-state index contributed by atoms with van der Waals surface area (Å²) in [7, 11) is 0. The van der Waals surface area contributed by atoms with Crippen molar-refractivity contribution in [2.45, 2.75) is 63.4 Å². The number of rotatable bonds is 4. The second kappa shape index (κ2) is 7.16. The number of aryl methyl sites for hydroxylation is 2. The molecular formula is C17H25NOS. The van der Waals surface area contributed by atoms with Crippen LogP contribution >= 0.6 is 11.8 Å². The van der Waals surface area contributed by atoms with Gasteiger partial charge in [0, 0.05) is 10.9 Å². The first-order valence-corrected chi connectivity index (χ1v) is 8.54. The number of amides is 1. The lowest BCUT2D eigenvalue weighted by molar-refractivity contribution is -0.115. The van der Waals surface area contributed by atoms with Crippen LogP contribution in [0.4, 0.5) is 5.69 Å². The summed E-state index contributed by atoms with van der Waals surface area (Å²) >= 11 is 1.84. The lowest BCUT2D eigenvalue weighted by Gasteiger charge is -2.24. The minimum Gasteiger partial charge on any atom is -0.325 e. The minimum absolute atomic E-state index is 0.0267. The summed E-state index contributed by atoms with van der Waals surface area (Å²) < 4.78 is 0. The quantitative estimate of drug-likeness (QED) is 0.871. The van der Waals surface area contributed by atoms with E-state index >= 15 is 0 Å². The van der Waals surface area contributed by atoms with Gasteiger partial charge in [0.15, 0.2) is 0 Å². The van der Waals surface area contributed by atoms with Crippen LogP contribution in [0.15, 0.2) is 18.2 Å². The third kappa shape index (κ3) is 4.27. The molecule has 2 rings (SSSR count). The Bertz CT molecular complexity index is 466. The Morgan fingerprint density at radius 1 is 1.25 bits per heavy atom. The molecule has 0 aliphatic heterocycles. The predicted molar refractivity (Wildman–Crippen MR) is 88.5 cm³/mol. The Labute approximate surface area is 126 Å². The Morgan fingerprint density at radius 3 is 2.60 bits per heavy atom. The van der Waals surface area contributed by atoms with E-state index in [1.54, 1.807) is 0 Å². The van der Waals surface area contributed by atoms with Gasteiger partial charge in [-0.15, -0.1) is 11.8 Å². The molecule has 1 aromatic rings. The van der Waals surface area contributed by atoms with Gasteiger partial charge in [0.05, 0.1) is 5.25 Å². The second-order valence-electron chi connectivity index (χ2n) is 5.85. The normalized spacial score (nSPS) is 17.8. The average Bonchev–Trinajstić information content (AvgIpc) is 2.43. The van der Waals surface area contributed by atoms with Gasteiger partial charge >= 0.3 is 0 Å². The van der Waals surface area contributed by atoms with E-state index in [1.165, 1.54) is 37.7 Å². The van der Waals surface area contributed by atoms with E-state index in [-0.39, 0.29) is 11.2 Å². The standard InChI is InChI=1S/C17H25NOS/c1-12-9-10-16(13(2)11-12)18-17(19)14(3)20-15-7-5-4-6-8-15/h9-11,14-15H,4-8H2,1-3H3,(H,18,19). The van der Waals surface area contributed by atoms with Crippen LogP contribution in [-0.4, -0.2) is 16.4 Å². The number of carbonyl (C=O) groups excluding carboxylic acids is 1. The first-order valence-electron chi connectivity index (χ1n) is 7.60. The topological polar surface area (TPSA) is 29.1 Å². The van der Waals surface area contributed by atoms with Crippen molar-refractivity contribution < 1.29 is 4.79 Å². The van der Waals surface area contributed by atoms with Crippen molar-refractivity contribution in [3.63, 3.8) is 0 Å². The smallest absolute Gasteiger partial charge is 0.237 e. The molecule has 1 N–H and O–H groups in total. The highest BCUT2D eigenvalue weighted by atomic mass is 32.2. The highest BCUT2D eigenvalue weighted by molar-refractivity contribution is 8.01. The number of benzene rings is 1. The van der Waals surface area contributed by atoms with Crippen molar-refractivity contribution >= 4 is 23.4 Å². The molecule has 110 valence electrons. The summed E-state index contributed by atoms with van der Waals surface area (Å²) in [6, 6.07) is 6.15. The van der Waals surface area contributed by atoms with Crippen molar-refractivity contribution in [3.05, 3.63) is 29.3 Å². The van der Waals surface area contributed by atoms with Crippen molar-refractivity contribution in [1.82, 2.24) is 0 Å². The molecule has 1 amide bonds. The zero-order valence-corrected chi connectivity index (χ0v) is 13.6. The van der Waals surface area contributed by atoms with Gasteiger partial charge in [-0.05, 0) is 45.2 Å². The van der Waals surface area contributed by atoms with Gasteiger partial charge in [0.1, 0.15) is 0 Å². The summed E-state index contributed by atoms with van der Waals surface area (Å²) in [5, 5.41) is 3.76. The van der Waals surface area contributed by atoms with Crippen LogP contribution in [0.3, 0.4) is 0 Å². The first kappa shape index (κ1) is 15.4. The fourth-order valence-electron chi connectivity index (χ4n) is 2.74. The molecule has 1 aromatic carbocycles.